The summed E-state index contributed by atoms with van der Waals surface area (Å²) in [7, 11) is 1.62. The molecule has 8 nitrogen and oxygen atoms in total. The van der Waals surface area contributed by atoms with Crippen molar-refractivity contribution in [1.82, 2.24) is 19.6 Å². The number of imidazole rings is 1. The van der Waals surface area contributed by atoms with E-state index in [-0.39, 0.29) is 6.54 Å². The highest BCUT2D eigenvalue weighted by Gasteiger charge is 2.36. The molecule has 4 heterocycles. The maximum Gasteiger partial charge on any atom is 0.222 e. The molecule has 0 amide bonds. The van der Waals surface area contributed by atoms with Crippen molar-refractivity contribution in [2.45, 2.75) is 31.8 Å². The van der Waals surface area contributed by atoms with Crippen molar-refractivity contribution in [3.8, 4) is 17.1 Å². The van der Waals surface area contributed by atoms with Crippen LogP contribution < -0.4 is 15.4 Å². The summed E-state index contributed by atoms with van der Waals surface area (Å²) in [6.07, 6.45) is 2.43. The van der Waals surface area contributed by atoms with Gasteiger partial charge in [0.15, 0.2) is 0 Å². The zero-order valence-corrected chi connectivity index (χ0v) is 16.5. The standard InChI is InChI=1S/C18H24N6O2S/c1-11(2)13-5-4-12(15(21-13)26-3)14-8-20-16-24(14)22-17(27-16)23-7-6-18(25,9-19)10-23/h4-5,8,11,25H,6-7,9-10,19H2,1-3H3. The third kappa shape index (κ3) is 3.15. The zero-order chi connectivity index (χ0) is 19.2. The number of rotatable bonds is 5. The predicted octanol–water partition coefficient (Wildman–Crippen LogP) is 1.88. The Kier molecular flexibility index (Phi) is 4.53. The molecule has 1 unspecified atom stereocenters. The number of ether oxygens (including phenoxy) is 1. The van der Waals surface area contributed by atoms with Gasteiger partial charge in [0.25, 0.3) is 0 Å². The lowest BCUT2D eigenvalue weighted by Crippen LogP contribution is -2.40. The second kappa shape index (κ2) is 6.74. The van der Waals surface area contributed by atoms with Crippen LogP contribution >= 0.6 is 11.3 Å². The number of pyridine rings is 1. The van der Waals surface area contributed by atoms with Crippen LogP contribution in [0.4, 0.5) is 5.13 Å². The van der Waals surface area contributed by atoms with Crippen molar-refractivity contribution in [3.05, 3.63) is 24.0 Å². The highest BCUT2D eigenvalue weighted by atomic mass is 32.1. The molecular weight excluding hydrogens is 364 g/mol. The Hall–Kier alpha value is -2.23. The fourth-order valence-corrected chi connectivity index (χ4v) is 4.21. The number of nitrogens with zero attached hydrogens (tertiary/aromatic N) is 5. The Balaban J connectivity index is 1.71. The van der Waals surface area contributed by atoms with E-state index >= 15 is 0 Å². The van der Waals surface area contributed by atoms with Gasteiger partial charge < -0.3 is 20.5 Å². The average molecular weight is 388 g/mol. The quantitative estimate of drug-likeness (QED) is 0.688. The summed E-state index contributed by atoms with van der Waals surface area (Å²) in [6, 6.07) is 4.02. The minimum atomic E-state index is -0.837. The number of methoxy groups -OCH3 is 1. The van der Waals surface area contributed by atoms with E-state index in [4.69, 9.17) is 15.6 Å². The number of β-amino-alcohol motifs (C(OH)–C–C–N with tert-alkyl or cyclic N) is 1. The molecule has 0 spiro atoms. The monoisotopic (exact) mass is 388 g/mol. The molecule has 1 saturated heterocycles. The number of fused-ring (bicyclic) bond motifs is 1. The number of aliphatic hydroxyl groups is 1. The number of aromatic nitrogens is 4. The van der Waals surface area contributed by atoms with Crippen LogP contribution in [0.1, 0.15) is 31.9 Å². The van der Waals surface area contributed by atoms with Crippen molar-refractivity contribution in [2.24, 2.45) is 5.73 Å². The lowest BCUT2D eigenvalue weighted by Gasteiger charge is -2.20. The molecule has 3 aromatic rings. The Morgan fingerprint density at radius 1 is 1.41 bits per heavy atom. The molecule has 0 saturated carbocycles. The summed E-state index contributed by atoms with van der Waals surface area (Å²) in [4.78, 5) is 12.0. The number of hydrogen-bond acceptors (Lipinski definition) is 8. The fourth-order valence-electron chi connectivity index (χ4n) is 3.31. The normalized spacial score (nSPS) is 20.1. The van der Waals surface area contributed by atoms with Crippen LogP contribution in [-0.4, -0.2) is 57.0 Å². The summed E-state index contributed by atoms with van der Waals surface area (Å²) < 4.78 is 7.34. The molecule has 4 rings (SSSR count). The highest BCUT2D eigenvalue weighted by molar-refractivity contribution is 7.20. The van der Waals surface area contributed by atoms with Crippen LogP contribution in [0.3, 0.4) is 0 Å². The van der Waals surface area contributed by atoms with Gasteiger partial charge >= 0.3 is 0 Å². The van der Waals surface area contributed by atoms with Gasteiger partial charge in [-0.1, -0.05) is 25.2 Å². The highest BCUT2D eigenvalue weighted by Crippen LogP contribution is 2.34. The average Bonchev–Trinajstić information content (AvgIpc) is 3.35. The largest absolute Gasteiger partial charge is 0.480 e. The third-order valence-corrected chi connectivity index (χ3v) is 5.98. The van der Waals surface area contributed by atoms with E-state index in [9.17, 15) is 5.11 Å². The van der Waals surface area contributed by atoms with E-state index in [1.807, 2.05) is 16.6 Å². The molecule has 3 aromatic heterocycles. The van der Waals surface area contributed by atoms with Crippen LogP contribution in [0.15, 0.2) is 18.3 Å². The van der Waals surface area contributed by atoms with E-state index in [2.05, 4.69) is 28.7 Å². The minimum absolute atomic E-state index is 0.252. The van der Waals surface area contributed by atoms with Gasteiger partial charge in [0, 0.05) is 18.8 Å². The van der Waals surface area contributed by atoms with E-state index < -0.39 is 5.60 Å². The summed E-state index contributed by atoms with van der Waals surface area (Å²) in [5.41, 5.74) is 7.53. The Morgan fingerprint density at radius 2 is 2.22 bits per heavy atom. The predicted molar refractivity (Wildman–Crippen MR) is 106 cm³/mol. The van der Waals surface area contributed by atoms with Gasteiger partial charge in [0.1, 0.15) is 0 Å². The molecule has 0 aliphatic carbocycles. The van der Waals surface area contributed by atoms with Crippen LogP contribution in [0.5, 0.6) is 5.88 Å². The van der Waals surface area contributed by atoms with Crippen LogP contribution in [0.25, 0.3) is 16.2 Å². The topological polar surface area (TPSA) is 102 Å². The first-order valence-electron chi connectivity index (χ1n) is 9.01. The molecule has 144 valence electrons. The van der Waals surface area contributed by atoms with Gasteiger partial charge in [0.05, 0.1) is 36.7 Å². The second-order valence-corrected chi connectivity index (χ2v) is 8.20. The smallest absolute Gasteiger partial charge is 0.222 e. The van der Waals surface area contributed by atoms with Gasteiger partial charge in [0.2, 0.25) is 16.0 Å². The van der Waals surface area contributed by atoms with Crippen LogP contribution in [0.2, 0.25) is 0 Å². The van der Waals surface area contributed by atoms with Gasteiger partial charge in [-0.25, -0.2) is 14.5 Å². The Bertz CT molecular complexity index is 968. The molecule has 1 aliphatic heterocycles. The van der Waals surface area contributed by atoms with E-state index in [1.54, 1.807) is 13.3 Å². The van der Waals surface area contributed by atoms with Gasteiger partial charge in [-0.2, -0.15) is 0 Å². The minimum Gasteiger partial charge on any atom is -0.480 e. The summed E-state index contributed by atoms with van der Waals surface area (Å²) in [5.74, 6) is 0.886. The summed E-state index contributed by atoms with van der Waals surface area (Å²) >= 11 is 1.50. The lowest BCUT2D eigenvalue weighted by atomic mass is 10.0. The van der Waals surface area contributed by atoms with E-state index in [0.29, 0.717) is 24.8 Å². The SMILES string of the molecule is COc1nc(C(C)C)ccc1-c1cnc2sc(N3CCC(O)(CN)C3)nn12. The van der Waals surface area contributed by atoms with Gasteiger partial charge in [-0.05, 0) is 24.5 Å². The molecule has 1 fully saturated rings. The molecule has 0 radical (unpaired) electrons. The lowest BCUT2D eigenvalue weighted by molar-refractivity contribution is 0.0725. The van der Waals surface area contributed by atoms with Gasteiger partial charge in [-0.15, -0.1) is 5.10 Å². The van der Waals surface area contributed by atoms with Crippen molar-refractivity contribution in [1.29, 1.82) is 0 Å². The number of anilines is 1. The first-order chi connectivity index (χ1) is 12.9. The van der Waals surface area contributed by atoms with Crippen molar-refractivity contribution in [2.75, 3.05) is 31.6 Å². The molecule has 3 N–H and O–H groups in total. The van der Waals surface area contributed by atoms with Gasteiger partial charge in [-0.3, -0.25) is 0 Å². The molecule has 0 bridgehead atoms. The number of nitrogens with two attached hydrogens (primary N) is 1. The second-order valence-electron chi connectivity index (χ2n) is 7.27. The first kappa shape index (κ1) is 18.1. The van der Waals surface area contributed by atoms with Crippen molar-refractivity contribution in [3.63, 3.8) is 0 Å². The maximum atomic E-state index is 10.4. The van der Waals surface area contributed by atoms with Crippen molar-refractivity contribution < 1.29 is 9.84 Å². The third-order valence-electron chi connectivity index (χ3n) is 5.00. The van der Waals surface area contributed by atoms with Crippen LogP contribution in [0, 0.1) is 0 Å². The molecule has 1 aliphatic rings. The molecule has 27 heavy (non-hydrogen) atoms. The van der Waals surface area contributed by atoms with Crippen LogP contribution in [-0.2, 0) is 0 Å². The number of hydrogen-bond donors (Lipinski definition) is 2. The molecular formula is C18H24N6O2S. The van der Waals surface area contributed by atoms with E-state index in [1.165, 1.54) is 11.3 Å². The fraction of sp³-hybridized carbons (Fsp3) is 0.500. The first-order valence-corrected chi connectivity index (χ1v) is 9.83. The summed E-state index contributed by atoms with van der Waals surface area (Å²) in [6.45, 7) is 5.67. The Morgan fingerprint density at radius 3 is 2.89 bits per heavy atom. The molecule has 9 heteroatoms. The van der Waals surface area contributed by atoms with E-state index in [0.717, 1.165) is 33.6 Å². The zero-order valence-electron chi connectivity index (χ0n) is 15.7. The maximum absolute atomic E-state index is 10.4. The molecule has 0 aromatic carbocycles. The summed E-state index contributed by atoms with van der Waals surface area (Å²) in [5, 5.41) is 15.9. The van der Waals surface area contributed by atoms with Crippen molar-refractivity contribution >= 4 is 21.4 Å². The Labute approximate surface area is 161 Å². The molecule has 1 atom stereocenters.